The maximum atomic E-state index is 12.8. The van der Waals surface area contributed by atoms with E-state index in [-0.39, 0.29) is 18.5 Å². The fourth-order valence-corrected chi connectivity index (χ4v) is 3.57. The van der Waals surface area contributed by atoms with Gasteiger partial charge in [-0.2, -0.15) is 0 Å². The van der Waals surface area contributed by atoms with Crippen molar-refractivity contribution in [2.24, 2.45) is 0 Å². The van der Waals surface area contributed by atoms with Gasteiger partial charge >= 0.3 is 0 Å². The first kappa shape index (κ1) is 19.9. The molecule has 1 heterocycles. The fourth-order valence-electron chi connectivity index (χ4n) is 3.44. The quantitative estimate of drug-likeness (QED) is 0.631. The minimum absolute atomic E-state index is 0.0492. The van der Waals surface area contributed by atoms with Gasteiger partial charge in [0.1, 0.15) is 6.04 Å². The molecule has 0 aromatic heterocycles. The van der Waals surface area contributed by atoms with E-state index in [0.717, 1.165) is 12.8 Å². The third kappa shape index (κ3) is 3.99. The Morgan fingerprint density at radius 3 is 2.40 bits per heavy atom. The van der Waals surface area contributed by atoms with E-state index in [2.05, 4.69) is 16.2 Å². The molecule has 1 unspecified atom stereocenters. The minimum atomic E-state index is -0.752. The maximum Gasteiger partial charge on any atom is 0.269 e. The van der Waals surface area contributed by atoms with E-state index >= 15 is 0 Å². The molecule has 1 atom stereocenters. The van der Waals surface area contributed by atoms with Crippen LogP contribution in [0.5, 0.6) is 0 Å². The predicted octanol–water partition coefficient (Wildman–Crippen LogP) is 1.58. The molecule has 30 heavy (non-hydrogen) atoms. The molecule has 2 aromatic carbocycles. The van der Waals surface area contributed by atoms with Gasteiger partial charge in [0.2, 0.25) is 5.91 Å². The molecular formula is C21H19ClN4O4. The number of fused-ring (bicyclic) bond motifs is 1. The number of hydrogen-bond acceptors (Lipinski definition) is 4. The third-order valence-electron chi connectivity index (χ3n) is 5.03. The second-order valence-electron chi connectivity index (χ2n) is 7.16. The Bertz CT molecular complexity index is 1020. The first-order valence-corrected chi connectivity index (χ1v) is 9.87. The molecule has 0 bridgehead atoms. The molecule has 3 N–H and O–H groups in total. The van der Waals surface area contributed by atoms with Gasteiger partial charge in [-0.1, -0.05) is 29.8 Å². The third-order valence-corrected chi connectivity index (χ3v) is 5.28. The zero-order valence-corrected chi connectivity index (χ0v) is 16.6. The highest BCUT2D eigenvalue weighted by Gasteiger charge is 2.47. The summed E-state index contributed by atoms with van der Waals surface area (Å²) in [5.74, 6) is -1.70. The molecule has 0 radical (unpaired) electrons. The zero-order chi connectivity index (χ0) is 21.3. The number of amides is 4. The van der Waals surface area contributed by atoms with Crippen molar-refractivity contribution in [2.75, 3.05) is 6.54 Å². The molecule has 2 aliphatic rings. The number of rotatable bonds is 5. The lowest BCUT2D eigenvalue weighted by atomic mass is 10.0. The topological polar surface area (TPSA) is 108 Å². The van der Waals surface area contributed by atoms with Crippen LogP contribution in [0.4, 0.5) is 0 Å². The highest BCUT2D eigenvalue weighted by molar-refractivity contribution is 6.30. The van der Waals surface area contributed by atoms with E-state index in [1.54, 1.807) is 41.3 Å². The lowest BCUT2D eigenvalue weighted by Gasteiger charge is -2.24. The van der Waals surface area contributed by atoms with Crippen LogP contribution in [0.2, 0.25) is 5.02 Å². The van der Waals surface area contributed by atoms with Gasteiger partial charge in [0.15, 0.2) is 0 Å². The summed E-state index contributed by atoms with van der Waals surface area (Å²) in [6.07, 6.45) is 1.72. The van der Waals surface area contributed by atoms with Crippen LogP contribution in [0.25, 0.3) is 0 Å². The SMILES string of the molecule is O=C(CNC(=O)C1c2ccccc2C(=O)N1C1CC1)NNC(=O)c1ccc(Cl)cc1. The number of carbonyl (C=O) groups excluding carboxylic acids is 4. The Hall–Kier alpha value is -3.39. The smallest absolute Gasteiger partial charge is 0.269 e. The van der Waals surface area contributed by atoms with Crippen LogP contribution in [-0.2, 0) is 9.59 Å². The molecule has 0 spiro atoms. The molecule has 1 saturated carbocycles. The van der Waals surface area contributed by atoms with Crippen molar-refractivity contribution in [1.82, 2.24) is 21.1 Å². The number of nitrogens with zero attached hydrogens (tertiary/aromatic N) is 1. The van der Waals surface area contributed by atoms with Crippen molar-refractivity contribution in [1.29, 1.82) is 0 Å². The van der Waals surface area contributed by atoms with Crippen molar-refractivity contribution >= 4 is 35.2 Å². The predicted molar refractivity (Wildman–Crippen MR) is 108 cm³/mol. The highest BCUT2D eigenvalue weighted by Crippen LogP contribution is 2.41. The second kappa shape index (κ2) is 8.16. The minimum Gasteiger partial charge on any atom is -0.345 e. The van der Waals surface area contributed by atoms with Gasteiger partial charge in [-0.05, 0) is 48.7 Å². The van der Waals surface area contributed by atoms with Crippen LogP contribution in [0, 0.1) is 0 Å². The maximum absolute atomic E-state index is 12.8. The number of benzene rings is 2. The van der Waals surface area contributed by atoms with Crippen molar-refractivity contribution in [3.63, 3.8) is 0 Å². The van der Waals surface area contributed by atoms with E-state index in [0.29, 0.717) is 21.7 Å². The van der Waals surface area contributed by atoms with Crippen LogP contribution >= 0.6 is 11.6 Å². The highest BCUT2D eigenvalue weighted by atomic mass is 35.5. The van der Waals surface area contributed by atoms with Crippen LogP contribution in [-0.4, -0.2) is 41.1 Å². The summed E-state index contributed by atoms with van der Waals surface area (Å²) < 4.78 is 0. The molecule has 1 fully saturated rings. The zero-order valence-electron chi connectivity index (χ0n) is 15.9. The number of hydrogen-bond donors (Lipinski definition) is 3. The molecular weight excluding hydrogens is 408 g/mol. The van der Waals surface area contributed by atoms with Gasteiger partial charge in [-0.3, -0.25) is 30.0 Å². The first-order chi connectivity index (χ1) is 14.5. The molecule has 1 aliphatic heterocycles. The Morgan fingerprint density at radius 1 is 1.00 bits per heavy atom. The molecule has 2 aromatic rings. The Morgan fingerprint density at radius 2 is 1.70 bits per heavy atom. The summed E-state index contributed by atoms with van der Waals surface area (Å²) in [4.78, 5) is 51.1. The normalized spacial score (nSPS) is 17.3. The standard InChI is InChI=1S/C21H19ClN4O4/c22-13-7-5-12(6-8-13)19(28)25-24-17(27)11-23-20(29)18-15-3-1-2-4-16(15)21(30)26(18)14-9-10-14/h1-8,14,18H,9-11H2,(H,23,29)(H,24,27)(H,25,28). The van der Waals surface area contributed by atoms with E-state index in [1.165, 1.54) is 12.1 Å². The van der Waals surface area contributed by atoms with Crippen LogP contribution in [0.1, 0.15) is 45.2 Å². The van der Waals surface area contributed by atoms with Crippen molar-refractivity contribution in [3.05, 3.63) is 70.2 Å². The Kier molecular flexibility index (Phi) is 5.41. The van der Waals surface area contributed by atoms with Gasteiger partial charge in [0.25, 0.3) is 17.7 Å². The van der Waals surface area contributed by atoms with Gasteiger partial charge in [0, 0.05) is 22.2 Å². The molecule has 4 rings (SSSR count). The lowest BCUT2D eigenvalue weighted by Crippen LogP contribution is -2.48. The first-order valence-electron chi connectivity index (χ1n) is 9.50. The van der Waals surface area contributed by atoms with Crippen LogP contribution < -0.4 is 16.2 Å². The largest absolute Gasteiger partial charge is 0.345 e. The molecule has 8 nitrogen and oxygen atoms in total. The van der Waals surface area contributed by atoms with Crippen molar-refractivity contribution in [2.45, 2.75) is 24.9 Å². The molecule has 154 valence electrons. The summed E-state index contributed by atoms with van der Waals surface area (Å²) in [7, 11) is 0. The molecule has 9 heteroatoms. The monoisotopic (exact) mass is 426 g/mol. The van der Waals surface area contributed by atoms with Gasteiger partial charge in [0.05, 0.1) is 6.54 Å². The van der Waals surface area contributed by atoms with E-state index < -0.39 is 23.8 Å². The van der Waals surface area contributed by atoms with E-state index in [9.17, 15) is 19.2 Å². The summed E-state index contributed by atoms with van der Waals surface area (Å²) >= 11 is 5.78. The van der Waals surface area contributed by atoms with E-state index in [1.807, 2.05) is 0 Å². The Labute approximate surface area is 177 Å². The van der Waals surface area contributed by atoms with Crippen LogP contribution in [0.15, 0.2) is 48.5 Å². The fraction of sp³-hybridized carbons (Fsp3) is 0.238. The summed E-state index contributed by atoms with van der Waals surface area (Å²) in [6.45, 7) is -0.342. The summed E-state index contributed by atoms with van der Waals surface area (Å²) in [5.41, 5.74) is 6.01. The number of carbonyl (C=O) groups is 4. The van der Waals surface area contributed by atoms with Crippen molar-refractivity contribution in [3.8, 4) is 0 Å². The van der Waals surface area contributed by atoms with Gasteiger partial charge < -0.3 is 10.2 Å². The van der Waals surface area contributed by atoms with Gasteiger partial charge in [-0.15, -0.1) is 0 Å². The average molecular weight is 427 g/mol. The van der Waals surface area contributed by atoms with E-state index in [4.69, 9.17) is 11.6 Å². The lowest BCUT2D eigenvalue weighted by molar-refractivity contribution is -0.129. The van der Waals surface area contributed by atoms with Gasteiger partial charge in [-0.25, -0.2) is 0 Å². The molecule has 0 saturated heterocycles. The number of hydrazine groups is 1. The Balaban J connectivity index is 1.33. The molecule has 4 amide bonds. The average Bonchev–Trinajstić information content (AvgIpc) is 3.55. The van der Waals surface area contributed by atoms with Crippen LogP contribution in [0.3, 0.4) is 0 Å². The number of halogens is 1. The second-order valence-corrected chi connectivity index (χ2v) is 7.60. The number of nitrogens with one attached hydrogen (secondary N) is 3. The summed E-state index contributed by atoms with van der Waals surface area (Å²) in [5, 5.41) is 3.05. The summed E-state index contributed by atoms with van der Waals surface area (Å²) in [6, 6.07) is 12.5. The molecule has 1 aliphatic carbocycles. The van der Waals surface area contributed by atoms with Crippen molar-refractivity contribution < 1.29 is 19.2 Å².